The van der Waals surface area contributed by atoms with Crippen LogP contribution in [0, 0.1) is 0 Å². The Morgan fingerprint density at radius 1 is 1.14 bits per heavy atom. The van der Waals surface area contributed by atoms with E-state index in [0.717, 1.165) is 11.1 Å². The number of carbonyl (C=O) groups excluding carboxylic acids is 1. The van der Waals surface area contributed by atoms with Gasteiger partial charge in [0.25, 0.3) is 5.91 Å². The van der Waals surface area contributed by atoms with E-state index in [9.17, 15) is 9.90 Å². The molecule has 0 bridgehead atoms. The first kappa shape index (κ1) is 15.2. The average Bonchev–Trinajstić information content (AvgIpc) is 2.54. The number of hydrogen-bond donors (Lipinski definition) is 2. The molecule has 110 valence electrons. The summed E-state index contributed by atoms with van der Waals surface area (Å²) in [4.78, 5) is 12.2. The number of carbonyl (C=O) groups is 1. The second kappa shape index (κ2) is 7.57. The van der Waals surface area contributed by atoms with Crippen LogP contribution in [0.25, 0.3) is 0 Å². The monoisotopic (exact) mass is 285 g/mol. The van der Waals surface area contributed by atoms with Gasteiger partial charge in [-0.25, -0.2) is 0 Å². The highest BCUT2D eigenvalue weighted by atomic mass is 16.5. The van der Waals surface area contributed by atoms with Gasteiger partial charge in [-0.15, -0.1) is 0 Å². The Morgan fingerprint density at radius 2 is 1.81 bits per heavy atom. The van der Waals surface area contributed by atoms with E-state index in [4.69, 9.17) is 4.74 Å². The van der Waals surface area contributed by atoms with Gasteiger partial charge >= 0.3 is 0 Å². The van der Waals surface area contributed by atoms with Crippen molar-refractivity contribution in [2.75, 3.05) is 13.7 Å². The molecule has 0 heterocycles. The highest BCUT2D eigenvalue weighted by Crippen LogP contribution is 2.13. The molecule has 0 fully saturated rings. The van der Waals surface area contributed by atoms with E-state index in [0.29, 0.717) is 12.2 Å². The van der Waals surface area contributed by atoms with Gasteiger partial charge in [0.05, 0.1) is 19.3 Å². The van der Waals surface area contributed by atoms with Crippen molar-refractivity contribution in [3.8, 4) is 0 Å². The summed E-state index contributed by atoms with van der Waals surface area (Å²) in [5, 5.41) is 12.3. The molecule has 1 amide bonds. The fourth-order valence-corrected chi connectivity index (χ4v) is 2.08. The highest BCUT2D eigenvalue weighted by Gasteiger charge is 2.14. The van der Waals surface area contributed by atoms with Crippen molar-refractivity contribution in [1.82, 2.24) is 5.32 Å². The van der Waals surface area contributed by atoms with Crippen LogP contribution in [-0.2, 0) is 11.3 Å². The number of hydrogen-bond acceptors (Lipinski definition) is 3. The summed E-state index contributed by atoms with van der Waals surface area (Å²) in [6, 6.07) is 16.2. The van der Waals surface area contributed by atoms with Crippen LogP contribution in [0.1, 0.15) is 27.5 Å². The molecule has 0 saturated heterocycles. The first-order valence-corrected chi connectivity index (χ1v) is 6.79. The molecular weight excluding hydrogens is 266 g/mol. The maximum absolute atomic E-state index is 12.2. The molecule has 1 unspecified atom stereocenters. The smallest absolute Gasteiger partial charge is 0.251 e. The Balaban J connectivity index is 2.05. The average molecular weight is 285 g/mol. The molecule has 0 saturated carbocycles. The second-order valence-corrected chi connectivity index (χ2v) is 4.75. The van der Waals surface area contributed by atoms with Gasteiger partial charge < -0.3 is 15.2 Å². The van der Waals surface area contributed by atoms with Crippen LogP contribution in [0.3, 0.4) is 0 Å². The maximum atomic E-state index is 12.2. The van der Waals surface area contributed by atoms with Crippen molar-refractivity contribution in [3.05, 3.63) is 71.3 Å². The van der Waals surface area contributed by atoms with Crippen LogP contribution in [0.4, 0.5) is 0 Å². The van der Waals surface area contributed by atoms with E-state index >= 15 is 0 Å². The summed E-state index contributed by atoms with van der Waals surface area (Å²) in [6.07, 6.45) is 0. The zero-order chi connectivity index (χ0) is 15.1. The van der Waals surface area contributed by atoms with Gasteiger partial charge in [-0.1, -0.05) is 42.5 Å². The third kappa shape index (κ3) is 4.15. The Bertz CT molecular complexity index is 566. The fraction of sp³-hybridized carbons (Fsp3) is 0.235. The topological polar surface area (TPSA) is 58.6 Å². The lowest BCUT2D eigenvalue weighted by atomic mass is 10.1. The number of ether oxygens (including phenoxy) is 1. The van der Waals surface area contributed by atoms with Gasteiger partial charge in [-0.3, -0.25) is 4.79 Å². The summed E-state index contributed by atoms with van der Waals surface area (Å²) in [5.41, 5.74) is 2.45. The van der Waals surface area contributed by atoms with Crippen molar-refractivity contribution >= 4 is 5.91 Å². The van der Waals surface area contributed by atoms with Crippen LogP contribution in [0.5, 0.6) is 0 Å². The van der Waals surface area contributed by atoms with E-state index in [1.54, 1.807) is 19.2 Å². The zero-order valence-corrected chi connectivity index (χ0v) is 12.0. The maximum Gasteiger partial charge on any atom is 0.251 e. The molecule has 0 aliphatic rings. The van der Waals surface area contributed by atoms with Gasteiger partial charge in [0, 0.05) is 12.7 Å². The Kier molecular flexibility index (Phi) is 5.49. The number of methoxy groups -OCH3 is 1. The first-order valence-electron chi connectivity index (χ1n) is 6.79. The number of benzene rings is 2. The standard InChI is InChI=1S/C17H19NO3/c1-21-12-13-7-9-15(10-8-13)17(20)18-16(11-19)14-5-3-2-4-6-14/h2-10,16,19H,11-12H2,1H3,(H,18,20). The molecule has 21 heavy (non-hydrogen) atoms. The van der Waals surface area contributed by atoms with E-state index in [1.807, 2.05) is 42.5 Å². The third-order valence-corrected chi connectivity index (χ3v) is 3.22. The van der Waals surface area contributed by atoms with Crippen LogP contribution in [0.2, 0.25) is 0 Å². The van der Waals surface area contributed by atoms with E-state index in [-0.39, 0.29) is 12.5 Å². The number of nitrogens with one attached hydrogen (secondary N) is 1. The van der Waals surface area contributed by atoms with Crippen molar-refractivity contribution < 1.29 is 14.6 Å². The normalized spacial score (nSPS) is 11.9. The largest absolute Gasteiger partial charge is 0.394 e. The minimum absolute atomic E-state index is 0.141. The molecule has 1 atom stereocenters. The predicted octanol–water partition coefficient (Wildman–Crippen LogP) is 2.30. The van der Waals surface area contributed by atoms with Gasteiger partial charge in [-0.2, -0.15) is 0 Å². The van der Waals surface area contributed by atoms with Crippen LogP contribution in [-0.4, -0.2) is 24.7 Å². The molecule has 2 aromatic rings. The molecule has 2 N–H and O–H groups in total. The van der Waals surface area contributed by atoms with Gasteiger partial charge in [0.15, 0.2) is 0 Å². The summed E-state index contributed by atoms with van der Waals surface area (Å²) in [5.74, 6) is -0.207. The van der Waals surface area contributed by atoms with Gasteiger partial charge in [0.2, 0.25) is 0 Å². The fourth-order valence-electron chi connectivity index (χ4n) is 2.08. The summed E-state index contributed by atoms with van der Waals surface area (Å²) in [6.45, 7) is 0.378. The van der Waals surface area contributed by atoms with Crippen LogP contribution in [0.15, 0.2) is 54.6 Å². The van der Waals surface area contributed by atoms with Crippen molar-refractivity contribution in [2.45, 2.75) is 12.6 Å². The summed E-state index contributed by atoms with van der Waals surface area (Å²) >= 11 is 0. The molecule has 0 spiro atoms. The van der Waals surface area contributed by atoms with Gasteiger partial charge in [0.1, 0.15) is 0 Å². The molecule has 4 heteroatoms. The Morgan fingerprint density at radius 3 is 2.38 bits per heavy atom. The minimum Gasteiger partial charge on any atom is -0.394 e. The number of aliphatic hydroxyl groups is 1. The minimum atomic E-state index is -0.405. The lowest BCUT2D eigenvalue weighted by Crippen LogP contribution is -2.30. The summed E-state index contributed by atoms with van der Waals surface area (Å²) in [7, 11) is 1.63. The Hall–Kier alpha value is -2.17. The Labute approximate surface area is 124 Å². The molecule has 2 aromatic carbocycles. The molecule has 0 radical (unpaired) electrons. The van der Waals surface area contributed by atoms with E-state index < -0.39 is 6.04 Å². The molecule has 4 nitrogen and oxygen atoms in total. The zero-order valence-electron chi connectivity index (χ0n) is 12.0. The third-order valence-electron chi connectivity index (χ3n) is 3.22. The summed E-state index contributed by atoms with van der Waals surface area (Å²) < 4.78 is 5.03. The SMILES string of the molecule is COCc1ccc(C(=O)NC(CO)c2ccccc2)cc1. The molecule has 0 aliphatic heterocycles. The van der Waals surface area contributed by atoms with E-state index in [1.165, 1.54) is 0 Å². The molecule has 2 rings (SSSR count). The van der Waals surface area contributed by atoms with Crippen molar-refractivity contribution in [2.24, 2.45) is 0 Å². The number of amides is 1. The number of aliphatic hydroxyl groups excluding tert-OH is 1. The molecule has 0 aromatic heterocycles. The predicted molar refractivity (Wildman–Crippen MR) is 80.9 cm³/mol. The molecular formula is C17H19NO3. The van der Waals surface area contributed by atoms with Crippen LogP contribution >= 0.6 is 0 Å². The first-order chi connectivity index (χ1) is 10.2. The lowest BCUT2D eigenvalue weighted by Gasteiger charge is -2.16. The van der Waals surface area contributed by atoms with E-state index in [2.05, 4.69) is 5.32 Å². The second-order valence-electron chi connectivity index (χ2n) is 4.75. The van der Waals surface area contributed by atoms with Crippen LogP contribution < -0.4 is 5.32 Å². The lowest BCUT2D eigenvalue weighted by molar-refractivity contribution is 0.0916. The van der Waals surface area contributed by atoms with Crippen molar-refractivity contribution in [3.63, 3.8) is 0 Å². The van der Waals surface area contributed by atoms with Gasteiger partial charge in [-0.05, 0) is 23.3 Å². The number of rotatable bonds is 6. The highest BCUT2D eigenvalue weighted by molar-refractivity contribution is 5.94. The molecule has 0 aliphatic carbocycles. The quantitative estimate of drug-likeness (QED) is 0.856. The van der Waals surface area contributed by atoms with Crippen molar-refractivity contribution in [1.29, 1.82) is 0 Å².